The van der Waals surface area contributed by atoms with Crippen LogP contribution in [-0.4, -0.2) is 18.2 Å². The van der Waals surface area contributed by atoms with Crippen LogP contribution in [0.4, 0.5) is 0 Å². The molecule has 1 saturated carbocycles. The Morgan fingerprint density at radius 1 is 1.35 bits per heavy atom. The molecule has 2 nitrogen and oxygen atoms in total. The molecule has 94 valence electrons. The predicted molar refractivity (Wildman–Crippen MR) is 70.8 cm³/mol. The maximum atomic E-state index is 10.4. The second-order valence-corrected chi connectivity index (χ2v) is 5.59. The molecule has 1 aliphatic carbocycles. The van der Waals surface area contributed by atoms with E-state index in [9.17, 15) is 5.11 Å². The minimum absolute atomic E-state index is 0.619. The average molecular weight is 233 g/mol. The Morgan fingerprint density at radius 2 is 2.00 bits per heavy atom. The monoisotopic (exact) mass is 233 g/mol. The molecule has 0 bridgehead atoms. The summed E-state index contributed by atoms with van der Waals surface area (Å²) in [7, 11) is 0. The van der Waals surface area contributed by atoms with Gasteiger partial charge in [0.2, 0.25) is 0 Å². The number of rotatable bonds is 6. The molecule has 0 heterocycles. The Morgan fingerprint density at radius 3 is 2.59 bits per heavy atom. The molecule has 2 atom stereocenters. The topological polar surface area (TPSA) is 32.3 Å². The molecule has 0 spiro atoms. The van der Waals surface area contributed by atoms with Gasteiger partial charge in [-0.05, 0) is 43.7 Å². The fourth-order valence-electron chi connectivity index (χ4n) is 2.27. The molecule has 1 aromatic rings. The lowest BCUT2D eigenvalue weighted by molar-refractivity contribution is 0.0560. The van der Waals surface area contributed by atoms with Crippen molar-refractivity contribution in [1.82, 2.24) is 5.32 Å². The standard InChI is InChI=1S/C15H23NO/c1-12(13-8-9-13)10-16-11-15(2,17)14-6-4-3-5-7-14/h3-7,12-13,16-17H,8-11H2,1-2H3. The molecule has 1 aliphatic rings. The van der Waals surface area contributed by atoms with Crippen LogP contribution in [0.5, 0.6) is 0 Å². The van der Waals surface area contributed by atoms with Crippen LogP contribution in [0.2, 0.25) is 0 Å². The molecule has 1 aromatic carbocycles. The van der Waals surface area contributed by atoms with Crippen molar-refractivity contribution in [2.45, 2.75) is 32.3 Å². The molecule has 2 heteroatoms. The fraction of sp³-hybridized carbons (Fsp3) is 0.600. The van der Waals surface area contributed by atoms with Gasteiger partial charge in [-0.3, -0.25) is 0 Å². The van der Waals surface area contributed by atoms with Crippen LogP contribution in [0, 0.1) is 11.8 Å². The number of benzene rings is 1. The van der Waals surface area contributed by atoms with Crippen LogP contribution in [0.25, 0.3) is 0 Å². The largest absolute Gasteiger partial charge is 0.384 e. The normalized spacial score (nSPS) is 20.9. The maximum Gasteiger partial charge on any atom is 0.0992 e. The molecule has 1 fully saturated rings. The van der Waals surface area contributed by atoms with E-state index in [2.05, 4.69) is 12.2 Å². The SMILES string of the molecule is CC(CNCC(C)(O)c1ccccc1)C1CC1. The zero-order valence-electron chi connectivity index (χ0n) is 10.8. The smallest absolute Gasteiger partial charge is 0.0992 e. The molecule has 2 N–H and O–H groups in total. The average Bonchev–Trinajstić information content (AvgIpc) is 3.14. The third-order valence-corrected chi connectivity index (χ3v) is 3.76. The molecule has 2 unspecified atom stereocenters. The maximum absolute atomic E-state index is 10.4. The van der Waals surface area contributed by atoms with E-state index in [0.29, 0.717) is 6.54 Å². The predicted octanol–water partition coefficient (Wildman–Crippen LogP) is 2.53. The lowest BCUT2D eigenvalue weighted by Crippen LogP contribution is -2.37. The first-order valence-electron chi connectivity index (χ1n) is 6.58. The van der Waals surface area contributed by atoms with Crippen LogP contribution in [0.1, 0.15) is 32.3 Å². The third-order valence-electron chi connectivity index (χ3n) is 3.76. The van der Waals surface area contributed by atoms with Crippen LogP contribution in [-0.2, 0) is 5.60 Å². The summed E-state index contributed by atoms with van der Waals surface area (Å²) >= 11 is 0. The van der Waals surface area contributed by atoms with Gasteiger partial charge in [-0.1, -0.05) is 37.3 Å². The highest BCUT2D eigenvalue weighted by molar-refractivity contribution is 5.21. The summed E-state index contributed by atoms with van der Waals surface area (Å²) in [5.41, 5.74) is 0.205. The molecule has 0 aromatic heterocycles. The van der Waals surface area contributed by atoms with E-state index < -0.39 is 5.60 Å². The Kier molecular flexibility index (Phi) is 3.85. The first-order chi connectivity index (χ1) is 8.09. The molecule has 0 amide bonds. The van der Waals surface area contributed by atoms with Crippen molar-refractivity contribution in [2.24, 2.45) is 11.8 Å². The van der Waals surface area contributed by atoms with E-state index in [1.807, 2.05) is 37.3 Å². The second-order valence-electron chi connectivity index (χ2n) is 5.59. The summed E-state index contributed by atoms with van der Waals surface area (Å²) in [6, 6.07) is 9.87. The van der Waals surface area contributed by atoms with Gasteiger partial charge >= 0.3 is 0 Å². The van der Waals surface area contributed by atoms with Crippen LogP contribution < -0.4 is 5.32 Å². The van der Waals surface area contributed by atoms with E-state index in [4.69, 9.17) is 0 Å². The van der Waals surface area contributed by atoms with Gasteiger partial charge in [0.25, 0.3) is 0 Å². The molecular weight excluding hydrogens is 210 g/mol. The van der Waals surface area contributed by atoms with Crippen LogP contribution in [0.15, 0.2) is 30.3 Å². The van der Waals surface area contributed by atoms with Crippen molar-refractivity contribution in [3.63, 3.8) is 0 Å². The van der Waals surface area contributed by atoms with Gasteiger partial charge in [-0.15, -0.1) is 0 Å². The zero-order valence-corrected chi connectivity index (χ0v) is 10.8. The summed E-state index contributed by atoms with van der Waals surface area (Å²) in [5.74, 6) is 1.66. The third kappa shape index (κ3) is 3.55. The van der Waals surface area contributed by atoms with Crippen molar-refractivity contribution in [2.75, 3.05) is 13.1 Å². The lowest BCUT2D eigenvalue weighted by atomic mass is 9.96. The lowest BCUT2D eigenvalue weighted by Gasteiger charge is -2.25. The van der Waals surface area contributed by atoms with Crippen LogP contribution in [0.3, 0.4) is 0 Å². The Labute approximate surface area is 104 Å². The number of nitrogens with one attached hydrogen (secondary N) is 1. The molecule has 0 aliphatic heterocycles. The van der Waals surface area contributed by atoms with Crippen molar-refractivity contribution in [3.05, 3.63) is 35.9 Å². The van der Waals surface area contributed by atoms with E-state index in [-0.39, 0.29) is 0 Å². The van der Waals surface area contributed by atoms with Crippen molar-refractivity contribution >= 4 is 0 Å². The van der Waals surface area contributed by atoms with Gasteiger partial charge in [-0.25, -0.2) is 0 Å². The Balaban J connectivity index is 1.80. The van der Waals surface area contributed by atoms with Gasteiger partial charge in [-0.2, -0.15) is 0 Å². The van der Waals surface area contributed by atoms with Crippen molar-refractivity contribution in [1.29, 1.82) is 0 Å². The van der Waals surface area contributed by atoms with E-state index in [0.717, 1.165) is 23.9 Å². The molecule has 17 heavy (non-hydrogen) atoms. The van der Waals surface area contributed by atoms with Gasteiger partial charge in [0.15, 0.2) is 0 Å². The summed E-state index contributed by atoms with van der Waals surface area (Å²) in [6.45, 7) is 5.79. The Bertz CT molecular complexity index is 343. The second kappa shape index (κ2) is 5.19. The number of hydrogen-bond acceptors (Lipinski definition) is 2. The minimum Gasteiger partial charge on any atom is -0.384 e. The van der Waals surface area contributed by atoms with Crippen LogP contribution >= 0.6 is 0 Å². The van der Waals surface area contributed by atoms with E-state index >= 15 is 0 Å². The van der Waals surface area contributed by atoms with Gasteiger partial charge in [0.05, 0.1) is 5.60 Å². The zero-order chi connectivity index (χ0) is 12.3. The summed E-state index contributed by atoms with van der Waals surface area (Å²) in [6.07, 6.45) is 2.77. The van der Waals surface area contributed by atoms with Gasteiger partial charge < -0.3 is 10.4 Å². The number of hydrogen-bond donors (Lipinski definition) is 2. The Hall–Kier alpha value is -0.860. The first-order valence-corrected chi connectivity index (χ1v) is 6.58. The molecule has 2 rings (SSSR count). The van der Waals surface area contributed by atoms with Crippen molar-refractivity contribution in [3.8, 4) is 0 Å². The molecular formula is C15H23NO. The quantitative estimate of drug-likeness (QED) is 0.791. The van der Waals surface area contributed by atoms with E-state index in [1.165, 1.54) is 12.8 Å². The highest BCUT2D eigenvalue weighted by atomic mass is 16.3. The summed E-state index contributed by atoms with van der Waals surface area (Å²) in [4.78, 5) is 0. The van der Waals surface area contributed by atoms with Crippen molar-refractivity contribution < 1.29 is 5.11 Å². The first kappa shape index (κ1) is 12.6. The minimum atomic E-state index is -0.773. The highest BCUT2D eigenvalue weighted by Crippen LogP contribution is 2.36. The van der Waals surface area contributed by atoms with E-state index in [1.54, 1.807) is 0 Å². The molecule has 0 saturated heterocycles. The summed E-state index contributed by atoms with van der Waals surface area (Å²) < 4.78 is 0. The fourth-order valence-corrected chi connectivity index (χ4v) is 2.27. The highest BCUT2D eigenvalue weighted by Gasteiger charge is 2.28. The van der Waals surface area contributed by atoms with Gasteiger partial charge in [0.1, 0.15) is 0 Å². The summed E-state index contributed by atoms with van der Waals surface area (Å²) in [5, 5.41) is 13.8. The number of aliphatic hydroxyl groups is 1. The molecule has 0 radical (unpaired) electrons. The van der Waals surface area contributed by atoms with Gasteiger partial charge in [0, 0.05) is 6.54 Å².